The molecule has 1 fully saturated rings. The largest absolute Gasteiger partial charge is 0.353 e. The molecule has 1 aliphatic heterocycles. The Morgan fingerprint density at radius 1 is 1.12 bits per heavy atom. The molecule has 0 aromatic carbocycles. The number of hydrogen-bond acceptors (Lipinski definition) is 3. The number of piperidine rings is 1. The minimum Gasteiger partial charge on any atom is -0.353 e. The molecular weight excluding hydrogens is 302 g/mol. The van der Waals surface area contributed by atoms with Crippen molar-refractivity contribution in [3.05, 3.63) is 30.1 Å². The average Bonchev–Trinajstić information content (AvgIpc) is 2.62. The average molecular weight is 331 g/mol. The first-order valence-corrected chi connectivity index (χ1v) is 9.19. The van der Waals surface area contributed by atoms with Crippen molar-refractivity contribution in [2.24, 2.45) is 0 Å². The number of nitrogens with one attached hydrogen (secondary N) is 1. The first-order valence-electron chi connectivity index (χ1n) is 9.19. The van der Waals surface area contributed by atoms with Gasteiger partial charge in [0.25, 0.3) is 5.91 Å². The summed E-state index contributed by atoms with van der Waals surface area (Å²) in [5.41, 5.74) is 0.680. The van der Waals surface area contributed by atoms with Gasteiger partial charge in [-0.1, -0.05) is 32.6 Å². The van der Waals surface area contributed by atoms with E-state index in [0.717, 1.165) is 25.7 Å². The quantitative estimate of drug-likeness (QED) is 0.744. The molecule has 1 aromatic heterocycles. The summed E-state index contributed by atoms with van der Waals surface area (Å²) >= 11 is 0. The topological polar surface area (TPSA) is 62.3 Å². The highest BCUT2D eigenvalue weighted by Crippen LogP contribution is 2.14. The lowest BCUT2D eigenvalue weighted by atomic mass is 10.0. The fourth-order valence-electron chi connectivity index (χ4n) is 3.09. The third-order valence-corrected chi connectivity index (χ3v) is 4.58. The van der Waals surface area contributed by atoms with Crippen LogP contribution in [0.2, 0.25) is 0 Å². The van der Waals surface area contributed by atoms with E-state index in [-0.39, 0.29) is 17.9 Å². The van der Waals surface area contributed by atoms with E-state index < -0.39 is 0 Å². The number of aromatic nitrogens is 1. The Hall–Kier alpha value is -1.91. The highest BCUT2D eigenvalue weighted by atomic mass is 16.2. The van der Waals surface area contributed by atoms with E-state index in [0.29, 0.717) is 25.1 Å². The van der Waals surface area contributed by atoms with Crippen LogP contribution in [0, 0.1) is 0 Å². The number of carbonyl (C=O) groups is 2. The van der Waals surface area contributed by atoms with E-state index >= 15 is 0 Å². The lowest BCUT2D eigenvalue weighted by Crippen LogP contribution is -2.46. The number of rotatable bonds is 8. The Bertz CT molecular complexity index is 511. The molecule has 5 nitrogen and oxygen atoms in total. The zero-order chi connectivity index (χ0) is 17.2. The minimum absolute atomic E-state index is 0.0538. The second-order valence-electron chi connectivity index (χ2n) is 6.53. The van der Waals surface area contributed by atoms with Gasteiger partial charge in [0.2, 0.25) is 5.91 Å². The molecule has 1 saturated heterocycles. The van der Waals surface area contributed by atoms with Gasteiger partial charge in [0.15, 0.2) is 0 Å². The fourth-order valence-corrected chi connectivity index (χ4v) is 3.09. The van der Waals surface area contributed by atoms with Gasteiger partial charge in [-0.3, -0.25) is 14.6 Å². The lowest BCUT2D eigenvalue weighted by Gasteiger charge is -2.32. The summed E-state index contributed by atoms with van der Waals surface area (Å²) in [5.74, 6) is 0.212. The number of pyridine rings is 1. The molecule has 1 aliphatic rings. The molecule has 0 saturated carbocycles. The molecule has 0 atom stereocenters. The second-order valence-corrected chi connectivity index (χ2v) is 6.53. The Morgan fingerprint density at radius 2 is 1.79 bits per heavy atom. The SMILES string of the molecule is CCCCCCCC(=O)NC1CCN(C(=O)c2ccncc2)CC1. The van der Waals surface area contributed by atoms with E-state index in [1.165, 1.54) is 19.3 Å². The molecule has 2 rings (SSSR count). The van der Waals surface area contributed by atoms with Gasteiger partial charge in [0.1, 0.15) is 0 Å². The first-order chi connectivity index (χ1) is 11.7. The van der Waals surface area contributed by atoms with E-state index in [9.17, 15) is 9.59 Å². The van der Waals surface area contributed by atoms with Crippen LogP contribution in [0.1, 0.15) is 68.6 Å². The zero-order valence-corrected chi connectivity index (χ0v) is 14.7. The maximum atomic E-state index is 12.4. The third-order valence-electron chi connectivity index (χ3n) is 4.58. The van der Waals surface area contributed by atoms with Crippen LogP contribution in [0.25, 0.3) is 0 Å². The summed E-state index contributed by atoms with van der Waals surface area (Å²) in [6, 6.07) is 3.69. The molecule has 24 heavy (non-hydrogen) atoms. The Labute approximate surface area is 144 Å². The van der Waals surface area contributed by atoms with Crippen LogP contribution in [0.4, 0.5) is 0 Å². The molecule has 0 aliphatic carbocycles. The number of hydrogen-bond donors (Lipinski definition) is 1. The van der Waals surface area contributed by atoms with Crippen LogP contribution < -0.4 is 5.32 Å². The zero-order valence-electron chi connectivity index (χ0n) is 14.7. The number of likely N-dealkylation sites (tertiary alicyclic amines) is 1. The van der Waals surface area contributed by atoms with Gasteiger partial charge in [-0.25, -0.2) is 0 Å². The van der Waals surface area contributed by atoms with Crippen molar-refractivity contribution < 1.29 is 9.59 Å². The van der Waals surface area contributed by atoms with Crippen LogP contribution in [-0.2, 0) is 4.79 Å². The van der Waals surface area contributed by atoms with E-state index in [1.807, 2.05) is 4.90 Å². The number of unbranched alkanes of at least 4 members (excludes halogenated alkanes) is 4. The molecule has 0 spiro atoms. The van der Waals surface area contributed by atoms with E-state index in [2.05, 4.69) is 17.2 Å². The highest BCUT2D eigenvalue weighted by molar-refractivity contribution is 5.94. The van der Waals surface area contributed by atoms with Gasteiger partial charge in [-0.05, 0) is 31.4 Å². The van der Waals surface area contributed by atoms with Crippen LogP contribution in [-0.4, -0.2) is 40.8 Å². The van der Waals surface area contributed by atoms with Crippen molar-refractivity contribution in [3.63, 3.8) is 0 Å². The van der Waals surface area contributed by atoms with Crippen molar-refractivity contribution in [3.8, 4) is 0 Å². The smallest absolute Gasteiger partial charge is 0.253 e. The molecule has 1 N–H and O–H groups in total. The first kappa shape index (κ1) is 18.4. The summed E-state index contributed by atoms with van der Waals surface area (Å²) in [5, 5.41) is 3.12. The van der Waals surface area contributed by atoms with E-state index in [4.69, 9.17) is 0 Å². The standard InChI is InChI=1S/C19H29N3O2/c1-2-3-4-5-6-7-18(23)21-17-10-14-22(15-11-17)19(24)16-8-12-20-13-9-16/h8-9,12-13,17H,2-7,10-11,14-15H2,1H3,(H,21,23). The molecule has 132 valence electrons. The second kappa shape index (κ2) is 10.1. The summed E-state index contributed by atoms with van der Waals surface area (Å²) in [6.07, 6.45) is 11.4. The summed E-state index contributed by atoms with van der Waals surface area (Å²) < 4.78 is 0. The van der Waals surface area contributed by atoms with Crippen LogP contribution >= 0.6 is 0 Å². The van der Waals surface area contributed by atoms with Gasteiger partial charge in [0.05, 0.1) is 0 Å². The monoisotopic (exact) mass is 331 g/mol. The number of amides is 2. The number of nitrogens with zero attached hydrogens (tertiary/aromatic N) is 2. The van der Waals surface area contributed by atoms with Gasteiger partial charge in [-0.15, -0.1) is 0 Å². The molecule has 2 amide bonds. The molecule has 1 aromatic rings. The van der Waals surface area contributed by atoms with Crippen molar-refractivity contribution in [1.29, 1.82) is 0 Å². The molecule has 0 unspecified atom stereocenters. The van der Waals surface area contributed by atoms with Crippen molar-refractivity contribution >= 4 is 11.8 Å². The van der Waals surface area contributed by atoms with Crippen molar-refractivity contribution in [1.82, 2.24) is 15.2 Å². The Balaban J connectivity index is 1.65. The summed E-state index contributed by atoms with van der Waals surface area (Å²) in [7, 11) is 0. The Morgan fingerprint density at radius 3 is 2.46 bits per heavy atom. The Kier molecular flexibility index (Phi) is 7.72. The summed E-state index contributed by atoms with van der Waals surface area (Å²) in [4.78, 5) is 30.2. The van der Waals surface area contributed by atoms with Crippen LogP contribution in [0.3, 0.4) is 0 Å². The summed E-state index contributed by atoms with van der Waals surface area (Å²) in [6.45, 7) is 3.59. The molecule has 5 heteroatoms. The maximum Gasteiger partial charge on any atom is 0.253 e. The van der Waals surface area contributed by atoms with Crippen molar-refractivity contribution in [2.75, 3.05) is 13.1 Å². The van der Waals surface area contributed by atoms with Gasteiger partial charge < -0.3 is 10.2 Å². The van der Waals surface area contributed by atoms with Crippen LogP contribution in [0.5, 0.6) is 0 Å². The fraction of sp³-hybridized carbons (Fsp3) is 0.632. The molecule has 0 bridgehead atoms. The van der Waals surface area contributed by atoms with E-state index in [1.54, 1.807) is 24.5 Å². The van der Waals surface area contributed by atoms with Gasteiger partial charge >= 0.3 is 0 Å². The number of carbonyl (C=O) groups excluding carboxylic acids is 2. The van der Waals surface area contributed by atoms with Gasteiger partial charge in [-0.2, -0.15) is 0 Å². The molecule has 2 heterocycles. The van der Waals surface area contributed by atoms with Crippen LogP contribution in [0.15, 0.2) is 24.5 Å². The molecular formula is C19H29N3O2. The highest BCUT2D eigenvalue weighted by Gasteiger charge is 2.24. The maximum absolute atomic E-state index is 12.4. The molecule has 0 radical (unpaired) electrons. The predicted octanol–water partition coefficient (Wildman–Crippen LogP) is 3.16. The normalized spacial score (nSPS) is 15.3. The lowest BCUT2D eigenvalue weighted by molar-refractivity contribution is -0.122. The van der Waals surface area contributed by atoms with Crippen molar-refractivity contribution in [2.45, 2.75) is 64.3 Å². The van der Waals surface area contributed by atoms with Gasteiger partial charge in [0, 0.05) is 43.5 Å². The predicted molar refractivity (Wildman–Crippen MR) is 94.7 cm³/mol. The minimum atomic E-state index is 0.0538. The third kappa shape index (κ3) is 5.95.